The molecule has 6 nitrogen and oxygen atoms in total. The van der Waals surface area contributed by atoms with Gasteiger partial charge in [-0.2, -0.15) is 13.2 Å². The molecule has 15 heavy (non-hydrogen) atoms. The SMILES string of the molecule is CCOC(=O)C(N=[N+]=[N-])C(=O)C(F)(F)F. The highest BCUT2D eigenvalue weighted by atomic mass is 19.4. The van der Waals surface area contributed by atoms with Gasteiger partial charge in [-0.15, -0.1) is 0 Å². The number of carbonyl (C=O) groups excluding carboxylic acids is 2. The van der Waals surface area contributed by atoms with Crippen LogP contribution in [0.3, 0.4) is 0 Å². The molecule has 1 atom stereocenters. The molecule has 0 bridgehead atoms. The van der Waals surface area contributed by atoms with E-state index in [1.54, 1.807) is 0 Å². The van der Waals surface area contributed by atoms with Crippen molar-refractivity contribution in [3.8, 4) is 0 Å². The van der Waals surface area contributed by atoms with Crippen LogP contribution >= 0.6 is 0 Å². The first kappa shape index (κ1) is 13.2. The lowest BCUT2D eigenvalue weighted by atomic mass is 10.2. The Morgan fingerprint density at radius 3 is 2.40 bits per heavy atom. The van der Waals surface area contributed by atoms with Crippen LogP contribution in [0.5, 0.6) is 0 Å². The third-order valence-corrected chi connectivity index (χ3v) is 1.20. The summed E-state index contributed by atoms with van der Waals surface area (Å²) in [5.74, 6) is -3.96. The minimum Gasteiger partial charge on any atom is -0.465 e. The van der Waals surface area contributed by atoms with Crippen LogP contribution in [0.2, 0.25) is 0 Å². The molecule has 0 rings (SSSR count). The highest BCUT2D eigenvalue weighted by molar-refractivity contribution is 6.05. The summed E-state index contributed by atoms with van der Waals surface area (Å²) in [4.78, 5) is 23.4. The third kappa shape index (κ3) is 3.86. The fourth-order valence-electron chi connectivity index (χ4n) is 0.634. The molecule has 0 saturated carbocycles. The number of ketones is 1. The smallest absolute Gasteiger partial charge is 0.451 e. The molecule has 0 aromatic carbocycles. The lowest BCUT2D eigenvalue weighted by Crippen LogP contribution is -2.39. The summed E-state index contributed by atoms with van der Waals surface area (Å²) in [5, 5.41) is 2.45. The molecule has 9 heteroatoms. The molecule has 0 fully saturated rings. The van der Waals surface area contributed by atoms with E-state index < -0.39 is 24.0 Å². The largest absolute Gasteiger partial charge is 0.465 e. The summed E-state index contributed by atoms with van der Waals surface area (Å²) in [6.07, 6.45) is -5.24. The maximum Gasteiger partial charge on any atom is 0.451 e. The number of nitrogens with zero attached hydrogens (tertiary/aromatic N) is 3. The van der Waals surface area contributed by atoms with Crippen LogP contribution in [-0.2, 0) is 14.3 Å². The molecule has 1 unspecified atom stereocenters. The van der Waals surface area contributed by atoms with Crippen molar-refractivity contribution in [1.82, 2.24) is 0 Å². The van der Waals surface area contributed by atoms with Gasteiger partial charge in [0.1, 0.15) is 0 Å². The van der Waals surface area contributed by atoms with Gasteiger partial charge in [0.25, 0.3) is 5.78 Å². The summed E-state index contributed by atoms with van der Waals surface area (Å²) >= 11 is 0. The van der Waals surface area contributed by atoms with Gasteiger partial charge in [-0.05, 0) is 12.5 Å². The number of carbonyl (C=O) groups is 2. The highest BCUT2D eigenvalue weighted by Crippen LogP contribution is 2.20. The molecule has 0 amide bonds. The lowest BCUT2D eigenvalue weighted by molar-refractivity contribution is -0.176. The quantitative estimate of drug-likeness (QED) is 0.237. The number of hydrogen-bond acceptors (Lipinski definition) is 4. The molecule has 84 valence electrons. The molecule has 0 aliphatic heterocycles. The van der Waals surface area contributed by atoms with Gasteiger partial charge in [0, 0.05) is 4.91 Å². The monoisotopic (exact) mass is 225 g/mol. The number of Topliss-reactive ketones (excluding diaryl/α,β-unsaturated/α-hetero) is 1. The highest BCUT2D eigenvalue weighted by Gasteiger charge is 2.46. The zero-order valence-corrected chi connectivity index (χ0v) is 7.48. The van der Waals surface area contributed by atoms with Gasteiger partial charge in [0.2, 0.25) is 6.04 Å². The van der Waals surface area contributed by atoms with Crippen molar-refractivity contribution in [3.05, 3.63) is 10.4 Å². The Balaban J connectivity index is 4.90. The Labute approximate surface area is 81.6 Å². The zero-order valence-electron chi connectivity index (χ0n) is 7.48. The second-order valence-electron chi connectivity index (χ2n) is 2.22. The zero-order chi connectivity index (χ0) is 12.1. The van der Waals surface area contributed by atoms with Crippen molar-refractivity contribution >= 4 is 11.8 Å². The first-order valence-corrected chi connectivity index (χ1v) is 3.66. The van der Waals surface area contributed by atoms with Crippen molar-refractivity contribution < 1.29 is 27.5 Å². The fraction of sp³-hybridized carbons (Fsp3) is 0.667. The average Bonchev–Trinajstić information content (AvgIpc) is 2.12. The van der Waals surface area contributed by atoms with Gasteiger partial charge >= 0.3 is 12.1 Å². The minimum absolute atomic E-state index is 0.221. The summed E-state index contributed by atoms with van der Waals surface area (Å²) in [6, 6.07) is -2.50. The van der Waals surface area contributed by atoms with E-state index in [1.807, 2.05) is 4.91 Å². The van der Waals surface area contributed by atoms with Crippen LogP contribution in [0.15, 0.2) is 5.11 Å². The van der Waals surface area contributed by atoms with Crippen LogP contribution in [0.1, 0.15) is 6.92 Å². The Morgan fingerprint density at radius 2 is 2.07 bits per heavy atom. The number of halogens is 3. The van der Waals surface area contributed by atoms with E-state index in [1.165, 1.54) is 6.92 Å². The number of alkyl halides is 3. The van der Waals surface area contributed by atoms with E-state index in [9.17, 15) is 22.8 Å². The summed E-state index contributed by atoms with van der Waals surface area (Å²) in [7, 11) is 0. The van der Waals surface area contributed by atoms with E-state index >= 15 is 0 Å². The molecule has 0 aliphatic rings. The van der Waals surface area contributed by atoms with Crippen LogP contribution in [0.4, 0.5) is 13.2 Å². The second kappa shape index (κ2) is 5.20. The van der Waals surface area contributed by atoms with Crippen molar-refractivity contribution in [2.45, 2.75) is 19.1 Å². The van der Waals surface area contributed by atoms with Crippen molar-refractivity contribution in [2.75, 3.05) is 6.61 Å². The molecule has 0 radical (unpaired) electrons. The van der Waals surface area contributed by atoms with E-state index in [0.717, 1.165) is 0 Å². The van der Waals surface area contributed by atoms with E-state index in [4.69, 9.17) is 5.53 Å². The van der Waals surface area contributed by atoms with E-state index in [2.05, 4.69) is 9.85 Å². The number of rotatable bonds is 4. The van der Waals surface area contributed by atoms with Gasteiger partial charge in [-0.25, -0.2) is 0 Å². The molecular weight excluding hydrogens is 219 g/mol. The van der Waals surface area contributed by atoms with Gasteiger partial charge in [0.05, 0.1) is 6.61 Å². The van der Waals surface area contributed by atoms with Gasteiger partial charge in [-0.3, -0.25) is 9.59 Å². The van der Waals surface area contributed by atoms with Crippen LogP contribution in [0, 0.1) is 0 Å². The predicted molar refractivity (Wildman–Crippen MR) is 40.6 cm³/mol. The number of esters is 1. The molecular formula is C6H6F3N3O3. The van der Waals surface area contributed by atoms with Gasteiger partial charge in [0.15, 0.2) is 0 Å². The van der Waals surface area contributed by atoms with E-state index in [0.29, 0.717) is 0 Å². The fourth-order valence-corrected chi connectivity index (χ4v) is 0.634. The maximum absolute atomic E-state index is 11.9. The Kier molecular flexibility index (Phi) is 4.59. The molecule has 0 spiro atoms. The van der Waals surface area contributed by atoms with Crippen LogP contribution in [-0.4, -0.2) is 30.6 Å². The van der Waals surface area contributed by atoms with Crippen molar-refractivity contribution in [3.63, 3.8) is 0 Å². The number of hydrogen-bond donors (Lipinski definition) is 0. The molecule has 0 saturated heterocycles. The summed E-state index contributed by atoms with van der Waals surface area (Å²) < 4.78 is 39.8. The number of azide groups is 1. The van der Waals surface area contributed by atoms with Gasteiger partial charge < -0.3 is 4.74 Å². The van der Waals surface area contributed by atoms with E-state index in [-0.39, 0.29) is 6.61 Å². The standard InChI is InChI=1S/C6H6F3N3O3/c1-2-15-5(14)3(11-12-10)4(13)6(7,8)9/h3H,2H2,1H3. The Bertz CT molecular complexity index is 308. The Morgan fingerprint density at radius 1 is 1.53 bits per heavy atom. The van der Waals surface area contributed by atoms with Crippen LogP contribution < -0.4 is 0 Å². The molecule has 0 N–H and O–H groups in total. The van der Waals surface area contributed by atoms with Crippen LogP contribution in [0.25, 0.3) is 10.4 Å². The molecule has 0 aromatic rings. The first-order valence-electron chi connectivity index (χ1n) is 3.66. The third-order valence-electron chi connectivity index (χ3n) is 1.20. The topological polar surface area (TPSA) is 92.1 Å². The van der Waals surface area contributed by atoms with Gasteiger partial charge in [-0.1, -0.05) is 5.11 Å². The molecule has 0 heterocycles. The number of ether oxygens (including phenoxy) is 1. The maximum atomic E-state index is 11.9. The lowest BCUT2D eigenvalue weighted by Gasteiger charge is -2.10. The molecule has 0 aromatic heterocycles. The average molecular weight is 225 g/mol. The summed E-state index contributed by atoms with van der Waals surface area (Å²) in [5.41, 5.74) is 7.90. The summed E-state index contributed by atoms with van der Waals surface area (Å²) in [6.45, 7) is 1.12. The molecule has 0 aliphatic carbocycles. The minimum atomic E-state index is -5.24. The van der Waals surface area contributed by atoms with Crippen molar-refractivity contribution in [2.24, 2.45) is 5.11 Å². The first-order chi connectivity index (χ1) is 6.84. The van der Waals surface area contributed by atoms with Crippen molar-refractivity contribution in [1.29, 1.82) is 0 Å². The predicted octanol–water partition coefficient (Wildman–Crippen LogP) is 1.36. The second-order valence-corrected chi connectivity index (χ2v) is 2.22. The normalized spacial score (nSPS) is 12.5. The Hall–Kier alpha value is -1.76.